The molecule has 0 aliphatic carbocycles. The summed E-state index contributed by atoms with van der Waals surface area (Å²) in [6.45, 7) is 9.24. The Morgan fingerprint density at radius 2 is 2.06 bits per heavy atom. The van der Waals surface area contributed by atoms with Gasteiger partial charge in [0.25, 0.3) is 5.91 Å². The summed E-state index contributed by atoms with van der Waals surface area (Å²) in [6.07, 6.45) is 3.54. The molecule has 0 bridgehead atoms. The van der Waals surface area contributed by atoms with E-state index in [-0.39, 0.29) is 17.2 Å². The number of benzene rings is 1. The Morgan fingerprint density at radius 3 is 2.74 bits per heavy atom. The lowest BCUT2D eigenvalue weighted by atomic mass is 9.89. The van der Waals surface area contributed by atoms with Crippen molar-refractivity contribution in [1.29, 1.82) is 0 Å². The van der Waals surface area contributed by atoms with Gasteiger partial charge in [-0.1, -0.05) is 32.0 Å². The van der Waals surface area contributed by atoms with Crippen molar-refractivity contribution >= 4 is 5.91 Å². The van der Waals surface area contributed by atoms with Gasteiger partial charge >= 0.3 is 0 Å². The van der Waals surface area contributed by atoms with Gasteiger partial charge in [-0.15, -0.1) is 0 Å². The Hall–Kier alpha value is -3.09. The first kappa shape index (κ1) is 21.2. The molecule has 1 amide bonds. The van der Waals surface area contributed by atoms with Crippen LogP contribution in [0.2, 0.25) is 0 Å². The number of halogens is 1. The molecule has 0 N–H and O–H groups in total. The van der Waals surface area contributed by atoms with Crippen molar-refractivity contribution < 1.29 is 13.7 Å². The maximum Gasteiger partial charge on any atom is 0.253 e. The van der Waals surface area contributed by atoms with Crippen molar-refractivity contribution in [3.8, 4) is 11.3 Å². The standard InChI is InChI=1S/C24H27FN4O2/c1-15-11-20(31-28-15)19-13-26-23(24(2,3)4)27-21(19)17-8-6-10-29(14-17)22(30)16-7-5-9-18(25)12-16/h5,7,9,11-13,17H,6,8,10,14H2,1-4H3. The van der Waals surface area contributed by atoms with Crippen LogP contribution in [0.5, 0.6) is 0 Å². The molecule has 4 rings (SSSR count). The first-order chi connectivity index (χ1) is 14.7. The van der Waals surface area contributed by atoms with Crippen LogP contribution in [-0.2, 0) is 5.41 Å². The Balaban J connectivity index is 1.69. The van der Waals surface area contributed by atoms with Crippen LogP contribution >= 0.6 is 0 Å². The Morgan fingerprint density at radius 1 is 1.26 bits per heavy atom. The second kappa shape index (κ2) is 8.21. The summed E-state index contributed by atoms with van der Waals surface area (Å²) in [6, 6.07) is 7.72. The molecule has 0 saturated carbocycles. The quantitative estimate of drug-likeness (QED) is 0.601. The summed E-state index contributed by atoms with van der Waals surface area (Å²) in [7, 11) is 0. The molecule has 1 atom stereocenters. The molecule has 3 aromatic rings. The van der Waals surface area contributed by atoms with Crippen molar-refractivity contribution in [3.05, 3.63) is 65.1 Å². The van der Waals surface area contributed by atoms with Crippen LogP contribution in [0, 0.1) is 12.7 Å². The normalized spacial score (nSPS) is 17.1. The second-order valence-corrected chi connectivity index (χ2v) is 9.18. The number of aromatic nitrogens is 3. The van der Waals surface area contributed by atoms with Gasteiger partial charge in [0.2, 0.25) is 0 Å². The fourth-order valence-corrected chi connectivity index (χ4v) is 3.94. The summed E-state index contributed by atoms with van der Waals surface area (Å²) < 4.78 is 19.1. The summed E-state index contributed by atoms with van der Waals surface area (Å²) in [4.78, 5) is 24.3. The molecule has 7 heteroatoms. The average molecular weight is 423 g/mol. The molecule has 1 unspecified atom stereocenters. The van der Waals surface area contributed by atoms with Crippen LogP contribution in [0.3, 0.4) is 0 Å². The minimum absolute atomic E-state index is 0.0239. The Bertz CT molecular complexity index is 1100. The van der Waals surface area contributed by atoms with E-state index in [1.54, 1.807) is 23.2 Å². The molecule has 6 nitrogen and oxygen atoms in total. The third-order valence-corrected chi connectivity index (χ3v) is 5.55. The molecule has 0 radical (unpaired) electrons. The number of aryl methyl sites for hydroxylation is 1. The minimum Gasteiger partial charge on any atom is -0.356 e. The molecule has 162 valence electrons. The van der Waals surface area contributed by atoms with Gasteiger partial charge in [-0.2, -0.15) is 0 Å². The number of nitrogens with zero attached hydrogens (tertiary/aromatic N) is 4. The number of carbonyl (C=O) groups is 1. The van der Waals surface area contributed by atoms with Crippen molar-refractivity contribution in [2.45, 2.75) is 51.9 Å². The fourth-order valence-electron chi connectivity index (χ4n) is 3.94. The largest absolute Gasteiger partial charge is 0.356 e. The number of piperidine rings is 1. The molecular weight excluding hydrogens is 395 g/mol. The van der Waals surface area contributed by atoms with Crippen LogP contribution in [0.15, 0.2) is 41.1 Å². The van der Waals surface area contributed by atoms with Crippen molar-refractivity contribution in [1.82, 2.24) is 20.0 Å². The topological polar surface area (TPSA) is 72.1 Å². The van der Waals surface area contributed by atoms with Gasteiger partial charge in [-0.3, -0.25) is 4.79 Å². The molecule has 3 heterocycles. The van der Waals surface area contributed by atoms with Crippen molar-refractivity contribution in [3.63, 3.8) is 0 Å². The molecule has 31 heavy (non-hydrogen) atoms. The van der Waals surface area contributed by atoms with Crippen LogP contribution in [0.4, 0.5) is 4.39 Å². The van der Waals surface area contributed by atoms with Crippen LogP contribution in [0.25, 0.3) is 11.3 Å². The predicted molar refractivity (Wildman–Crippen MR) is 115 cm³/mol. The van der Waals surface area contributed by atoms with Gasteiger partial charge in [0.15, 0.2) is 5.76 Å². The third kappa shape index (κ3) is 4.50. The summed E-state index contributed by atoms with van der Waals surface area (Å²) >= 11 is 0. The molecule has 1 aliphatic rings. The number of carbonyl (C=O) groups excluding carboxylic acids is 1. The van der Waals surface area contributed by atoms with E-state index in [0.29, 0.717) is 24.4 Å². The van der Waals surface area contributed by atoms with E-state index in [4.69, 9.17) is 9.51 Å². The highest BCUT2D eigenvalue weighted by atomic mass is 19.1. The third-order valence-electron chi connectivity index (χ3n) is 5.55. The number of likely N-dealkylation sites (tertiary alicyclic amines) is 1. The monoisotopic (exact) mass is 422 g/mol. The summed E-state index contributed by atoms with van der Waals surface area (Å²) in [5.74, 6) is 0.827. The minimum atomic E-state index is -0.409. The Kier molecular flexibility index (Phi) is 5.60. The van der Waals surface area contributed by atoms with Gasteiger partial charge in [0.05, 0.1) is 17.0 Å². The zero-order valence-corrected chi connectivity index (χ0v) is 18.4. The van der Waals surface area contributed by atoms with E-state index >= 15 is 0 Å². The van der Waals surface area contributed by atoms with Gasteiger partial charge in [-0.05, 0) is 38.0 Å². The average Bonchev–Trinajstić information content (AvgIpc) is 3.18. The lowest BCUT2D eigenvalue weighted by Gasteiger charge is -2.33. The van der Waals surface area contributed by atoms with Crippen LogP contribution < -0.4 is 0 Å². The lowest BCUT2D eigenvalue weighted by Crippen LogP contribution is -2.39. The summed E-state index contributed by atoms with van der Waals surface area (Å²) in [5.41, 5.74) is 2.61. The van der Waals surface area contributed by atoms with E-state index in [1.165, 1.54) is 12.1 Å². The second-order valence-electron chi connectivity index (χ2n) is 9.18. The van der Waals surface area contributed by atoms with E-state index in [2.05, 4.69) is 30.9 Å². The first-order valence-corrected chi connectivity index (χ1v) is 10.6. The maximum atomic E-state index is 13.6. The van der Waals surface area contributed by atoms with Gasteiger partial charge < -0.3 is 9.42 Å². The van der Waals surface area contributed by atoms with E-state index in [1.807, 2.05) is 13.0 Å². The lowest BCUT2D eigenvalue weighted by molar-refractivity contribution is 0.0705. The van der Waals surface area contributed by atoms with Gasteiger partial charge in [0, 0.05) is 42.2 Å². The summed E-state index contributed by atoms with van der Waals surface area (Å²) in [5, 5.41) is 4.01. The molecule has 1 aliphatic heterocycles. The fraction of sp³-hybridized carbons (Fsp3) is 0.417. The van der Waals surface area contributed by atoms with Crippen molar-refractivity contribution in [2.75, 3.05) is 13.1 Å². The highest BCUT2D eigenvalue weighted by Gasteiger charge is 2.31. The van der Waals surface area contributed by atoms with E-state index < -0.39 is 5.82 Å². The highest BCUT2D eigenvalue weighted by Crippen LogP contribution is 2.35. The SMILES string of the molecule is Cc1cc(-c2cnc(C(C)(C)C)nc2C2CCCN(C(=O)c3cccc(F)c3)C2)on1. The number of amides is 1. The molecule has 1 fully saturated rings. The van der Waals surface area contributed by atoms with Crippen molar-refractivity contribution in [2.24, 2.45) is 0 Å². The molecule has 1 saturated heterocycles. The smallest absolute Gasteiger partial charge is 0.253 e. The molecule has 0 spiro atoms. The molecular formula is C24H27FN4O2. The predicted octanol–water partition coefficient (Wildman–Crippen LogP) is 4.90. The molecule has 2 aromatic heterocycles. The zero-order valence-electron chi connectivity index (χ0n) is 18.4. The molecule has 1 aromatic carbocycles. The number of rotatable bonds is 3. The maximum absolute atomic E-state index is 13.6. The van der Waals surface area contributed by atoms with Crippen LogP contribution in [-0.4, -0.2) is 39.0 Å². The first-order valence-electron chi connectivity index (χ1n) is 10.6. The highest BCUT2D eigenvalue weighted by molar-refractivity contribution is 5.94. The number of hydrogen-bond donors (Lipinski definition) is 0. The van der Waals surface area contributed by atoms with E-state index in [9.17, 15) is 9.18 Å². The Labute approximate surface area is 181 Å². The zero-order chi connectivity index (χ0) is 22.2. The van der Waals surface area contributed by atoms with E-state index in [0.717, 1.165) is 35.6 Å². The van der Waals surface area contributed by atoms with Gasteiger partial charge in [0.1, 0.15) is 11.6 Å². The van der Waals surface area contributed by atoms with Crippen LogP contribution in [0.1, 0.15) is 67.1 Å². The van der Waals surface area contributed by atoms with Gasteiger partial charge in [-0.25, -0.2) is 14.4 Å². The number of hydrogen-bond acceptors (Lipinski definition) is 5.